The highest BCUT2D eigenvalue weighted by Crippen LogP contribution is 2.33. The maximum absolute atomic E-state index is 13.3. The Morgan fingerprint density at radius 1 is 1.15 bits per heavy atom. The van der Waals surface area contributed by atoms with E-state index in [1.807, 2.05) is 33.8 Å². The maximum Gasteiger partial charge on any atom is 0.410 e. The fourth-order valence-corrected chi connectivity index (χ4v) is 5.90. The van der Waals surface area contributed by atoms with E-state index in [0.717, 1.165) is 14.7 Å². The Bertz CT molecular complexity index is 1360. The number of ether oxygens (including phenoxy) is 1. The monoisotopic (exact) mass is 580 g/mol. The van der Waals surface area contributed by atoms with Crippen LogP contribution in [0.4, 0.5) is 4.79 Å². The van der Waals surface area contributed by atoms with Gasteiger partial charge in [0.1, 0.15) is 11.9 Å². The van der Waals surface area contributed by atoms with Crippen molar-refractivity contribution in [2.45, 2.75) is 44.6 Å². The van der Waals surface area contributed by atoms with Crippen molar-refractivity contribution in [3.63, 3.8) is 0 Å². The highest BCUT2D eigenvalue weighted by molar-refractivity contribution is 14.1. The zero-order chi connectivity index (χ0) is 24.0. The van der Waals surface area contributed by atoms with E-state index in [1.165, 1.54) is 10.3 Å². The molecule has 3 heterocycles. The highest BCUT2D eigenvalue weighted by atomic mass is 127. The van der Waals surface area contributed by atoms with Gasteiger partial charge in [0.2, 0.25) is 0 Å². The van der Waals surface area contributed by atoms with E-state index in [0.29, 0.717) is 36.2 Å². The van der Waals surface area contributed by atoms with Crippen LogP contribution in [-0.4, -0.2) is 52.0 Å². The van der Waals surface area contributed by atoms with Crippen molar-refractivity contribution < 1.29 is 17.9 Å². The van der Waals surface area contributed by atoms with Crippen molar-refractivity contribution in [2.24, 2.45) is 0 Å². The molecule has 1 aliphatic rings. The van der Waals surface area contributed by atoms with E-state index in [2.05, 4.69) is 32.6 Å². The third-order valence-corrected chi connectivity index (χ3v) is 7.73. The van der Waals surface area contributed by atoms with Crippen LogP contribution >= 0.6 is 22.6 Å². The minimum Gasteiger partial charge on any atom is -0.444 e. The molecule has 10 heteroatoms. The van der Waals surface area contributed by atoms with E-state index >= 15 is 0 Å². The molecule has 3 aromatic rings. The molecule has 0 N–H and O–H groups in total. The molecule has 33 heavy (non-hydrogen) atoms. The summed E-state index contributed by atoms with van der Waals surface area (Å²) in [4.78, 5) is 23.0. The summed E-state index contributed by atoms with van der Waals surface area (Å²) >= 11 is 2.12. The third-order valence-electron chi connectivity index (χ3n) is 5.25. The number of fused-ring (bicyclic) bond motifs is 1. The molecule has 0 unspecified atom stereocenters. The van der Waals surface area contributed by atoms with Crippen molar-refractivity contribution in [1.82, 2.24) is 18.8 Å². The van der Waals surface area contributed by atoms with Crippen LogP contribution in [-0.2, 0) is 14.8 Å². The molecule has 1 aromatic carbocycles. The number of hydrogen-bond acceptors (Lipinski definition) is 6. The Kier molecular flexibility index (Phi) is 6.25. The van der Waals surface area contributed by atoms with Crippen LogP contribution in [0.1, 0.15) is 38.4 Å². The first-order valence-electron chi connectivity index (χ1n) is 10.5. The number of nitrogens with zero attached hydrogens (tertiary/aromatic N) is 4. The Morgan fingerprint density at radius 3 is 2.45 bits per heavy atom. The minimum atomic E-state index is -3.81. The van der Waals surface area contributed by atoms with Gasteiger partial charge in [0.15, 0.2) is 5.65 Å². The SMILES string of the molecule is Cc1ccc(S(=O)(=O)n2cc(I)c3c(C4=CCN(C(=O)OC(C)(C)C)CC4)ncnc32)cc1. The fourth-order valence-electron chi connectivity index (χ4n) is 3.62. The second-order valence-corrected chi connectivity index (χ2v) is 11.9. The molecule has 8 nitrogen and oxygen atoms in total. The normalized spacial score (nSPS) is 14.9. The minimum absolute atomic E-state index is 0.200. The second-order valence-electron chi connectivity index (χ2n) is 8.92. The first kappa shape index (κ1) is 23.7. The van der Waals surface area contributed by atoms with Crippen molar-refractivity contribution in [1.29, 1.82) is 0 Å². The molecule has 1 amide bonds. The number of hydrogen-bond donors (Lipinski definition) is 0. The Labute approximate surface area is 206 Å². The number of benzene rings is 1. The molecule has 174 valence electrons. The maximum atomic E-state index is 13.3. The van der Waals surface area contributed by atoms with Crippen LogP contribution in [0.15, 0.2) is 47.8 Å². The van der Waals surface area contributed by atoms with E-state index in [1.54, 1.807) is 35.4 Å². The lowest BCUT2D eigenvalue weighted by molar-refractivity contribution is 0.0270. The molecule has 4 rings (SSSR count). The van der Waals surface area contributed by atoms with Gasteiger partial charge in [0, 0.05) is 22.9 Å². The summed E-state index contributed by atoms with van der Waals surface area (Å²) in [6.07, 6.45) is 5.13. The van der Waals surface area contributed by atoms with Gasteiger partial charge in [-0.05, 0) is 74.4 Å². The van der Waals surface area contributed by atoms with Gasteiger partial charge in [-0.15, -0.1) is 0 Å². The molecule has 0 aliphatic carbocycles. The predicted molar refractivity (Wildman–Crippen MR) is 134 cm³/mol. The molecule has 0 spiro atoms. The number of rotatable bonds is 3. The molecule has 0 bridgehead atoms. The van der Waals surface area contributed by atoms with Gasteiger partial charge in [-0.1, -0.05) is 23.8 Å². The lowest BCUT2D eigenvalue weighted by Crippen LogP contribution is -2.39. The first-order valence-corrected chi connectivity index (χ1v) is 13.0. The second kappa shape index (κ2) is 8.71. The van der Waals surface area contributed by atoms with E-state index in [-0.39, 0.29) is 11.0 Å². The number of aryl methyl sites for hydroxylation is 1. The van der Waals surface area contributed by atoms with Gasteiger partial charge in [-0.2, -0.15) is 0 Å². The highest BCUT2D eigenvalue weighted by Gasteiger charge is 2.27. The molecule has 0 fully saturated rings. The van der Waals surface area contributed by atoms with Gasteiger partial charge in [-0.25, -0.2) is 27.2 Å². The number of amides is 1. The first-order chi connectivity index (χ1) is 15.5. The Hall–Kier alpha value is -2.47. The summed E-state index contributed by atoms with van der Waals surface area (Å²) in [7, 11) is -3.81. The number of aromatic nitrogens is 3. The summed E-state index contributed by atoms with van der Waals surface area (Å²) < 4.78 is 34.1. The molecule has 0 radical (unpaired) electrons. The average molecular weight is 580 g/mol. The zero-order valence-corrected chi connectivity index (χ0v) is 21.8. The van der Waals surface area contributed by atoms with Crippen molar-refractivity contribution >= 4 is 55.3 Å². The number of carbonyl (C=O) groups excluding carboxylic acids is 1. The van der Waals surface area contributed by atoms with E-state index in [4.69, 9.17) is 4.74 Å². The van der Waals surface area contributed by atoms with Crippen molar-refractivity contribution in [3.05, 3.63) is 57.7 Å². The Balaban J connectivity index is 1.70. The van der Waals surface area contributed by atoms with Crippen LogP contribution in [0.5, 0.6) is 0 Å². The van der Waals surface area contributed by atoms with Crippen molar-refractivity contribution in [3.8, 4) is 0 Å². The summed E-state index contributed by atoms with van der Waals surface area (Å²) in [6.45, 7) is 8.31. The van der Waals surface area contributed by atoms with Gasteiger partial charge < -0.3 is 9.64 Å². The topological polar surface area (TPSA) is 94.4 Å². The summed E-state index contributed by atoms with van der Waals surface area (Å²) in [5, 5.41) is 0.686. The van der Waals surface area contributed by atoms with Crippen molar-refractivity contribution in [2.75, 3.05) is 13.1 Å². The quantitative estimate of drug-likeness (QED) is 0.421. The molecule has 0 saturated heterocycles. The lowest BCUT2D eigenvalue weighted by atomic mass is 10.0. The molecule has 0 atom stereocenters. The smallest absolute Gasteiger partial charge is 0.410 e. The molecule has 0 saturated carbocycles. The Morgan fingerprint density at radius 2 is 1.85 bits per heavy atom. The predicted octanol–water partition coefficient (Wildman–Crippen LogP) is 4.61. The summed E-state index contributed by atoms with van der Waals surface area (Å²) in [5.74, 6) is 0. The van der Waals surface area contributed by atoms with Crippen LogP contribution in [0.25, 0.3) is 16.6 Å². The van der Waals surface area contributed by atoms with Crippen LogP contribution in [0.3, 0.4) is 0 Å². The molecule has 1 aliphatic heterocycles. The standard InChI is InChI=1S/C23H25IN4O4S/c1-15-5-7-17(8-6-15)33(30,31)28-13-18(24)19-20(25-14-26-21(19)28)16-9-11-27(12-10-16)22(29)32-23(2,3)4/h5-9,13-14H,10-12H2,1-4H3. The van der Waals surface area contributed by atoms with E-state index in [9.17, 15) is 13.2 Å². The molecular formula is C23H25IN4O4S. The summed E-state index contributed by atoms with van der Waals surface area (Å²) in [6, 6.07) is 6.74. The van der Waals surface area contributed by atoms with Gasteiger partial charge in [0.05, 0.1) is 16.0 Å². The zero-order valence-electron chi connectivity index (χ0n) is 18.9. The van der Waals surface area contributed by atoms with Crippen LogP contribution in [0, 0.1) is 10.5 Å². The lowest BCUT2D eigenvalue weighted by Gasteiger charge is -2.29. The molecule has 2 aromatic heterocycles. The summed E-state index contributed by atoms with van der Waals surface area (Å²) in [5.41, 5.74) is 2.40. The average Bonchev–Trinajstić information content (AvgIpc) is 3.11. The van der Waals surface area contributed by atoms with E-state index < -0.39 is 15.6 Å². The largest absolute Gasteiger partial charge is 0.444 e. The van der Waals surface area contributed by atoms with Gasteiger partial charge in [-0.3, -0.25) is 0 Å². The van der Waals surface area contributed by atoms with Crippen LogP contribution < -0.4 is 0 Å². The number of halogens is 1. The van der Waals surface area contributed by atoms with Crippen LogP contribution in [0.2, 0.25) is 0 Å². The van der Waals surface area contributed by atoms with Gasteiger partial charge >= 0.3 is 6.09 Å². The fraction of sp³-hybridized carbons (Fsp3) is 0.348. The van der Waals surface area contributed by atoms with Gasteiger partial charge in [0.25, 0.3) is 10.0 Å². The molecular weight excluding hydrogens is 555 g/mol. The number of carbonyl (C=O) groups is 1. The third kappa shape index (κ3) is 4.77.